The Bertz CT molecular complexity index is 210. The van der Waals surface area contributed by atoms with Crippen molar-refractivity contribution in [2.75, 3.05) is 12.8 Å². The lowest BCUT2D eigenvalue weighted by atomic mass is 9.79. The summed E-state index contributed by atoms with van der Waals surface area (Å²) in [7, 11) is -0.700. The highest BCUT2D eigenvalue weighted by molar-refractivity contribution is 7.84. The average molecular weight is 231 g/mol. The van der Waals surface area contributed by atoms with Gasteiger partial charge in [-0.2, -0.15) is 0 Å². The summed E-state index contributed by atoms with van der Waals surface area (Å²) >= 11 is 0. The van der Waals surface area contributed by atoms with Crippen molar-refractivity contribution < 1.29 is 4.21 Å². The number of nitrogens with one attached hydrogen (secondary N) is 1. The zero-order valence-corrected chi connectivity index (χ0v) is 11.3. The molecule has 1 saturated carbocycles. The largest absolute Gasteiger partial charge is 0.312 e. The lowest BCUT2D eigenvalue weighted by molar-refractivity contribution is 0.210. The Labute approximate surface area is 96.7 Å². The Morgan fingerprint density at radius 3 is 2.33 bits per heavy atom. The maximum Gasteiger partial charge on any atom is 0.0441 e. The van der Waals surface area contributed by atoms with Gasteiger partial charge in [0.15, 0.2) is 0 Å². The molecule has 0 aromatic rings. The summed E-state index contributed by atoms with van der Waals surface area (Å²) < 4.78 is 11.3. The topological polar surface area (TPSA) is 29.1 Å². The lowest BCUT2D eigenvalue weighted by Gasteiger charge is -2.35. The molecule has 1 aliphatic rings. The maximum atomic E-state index is 11.3. The zero-order valence-electron chi connectivity index (χ0n) is 10.5. The highest BCUT2D eigenvalue weighted by atomic mass is 32.2. The molecule has 0 heterocycles. The lowest BCUT2D eigenvalue weighted by Crippen LogP contribution is -2.45. The van der Waals surface area contributed by atoms with E-state index < -0.39 is 10.8 Å². The third-order valence-corrected chi connectivity index (χ3v) is 5.05. The second-order valence-corrected chi connectivity index (χ2v) is 6.93. The molecule has 90 valence electrons. The molecule has 1 aliphatic carbocycles. The van der Waals surface area contributed by atoms with Crippen molar-refractivity contribution >= 4 is 10.8 Å². The molecule has 15 heavy (non-hydrogen) atoms. The fraction of sp³-hybridized carbons (Fsp3) is 1.00. The van der Waals surface area contributed by atoms with Gasteiger partial charge in [0.25, 0.3) is 0 Å². The quantitative estimate of drug-likeness (QED) is 0.803. The molecule has 4 atom stereocenters. The minimum absolute atomic E-state index is 0.270. The van der Waals surface area contributed by atoms with Crippen molar-refractivity contribution in [1.82, 2.24) is 5.32 Å². The molecule has 0 aromatic carbocycles. The Morgan fingerprint density at radius 2 is 1.87 bits per heavy atom. The van der Waals surface area contributed by atoms with E-state index in [4.69, 9.17) is 0 Å². The van der Waals surface area contributed by atoms with Gasteiger partial charge in [0, 0.05) is 34.9 Å². The molecule has 1 rings (SSSR count). The highest BCUT2D eigenvalue weighted by Crippen LogP contribution is 2.28. The highest BCUT2D eigenvalue weighted by Gasteiger charge is 2.27. The second kappa shape index (κ2) is 6.00. The van der Waals surface area contributed by atoms with Crippen LogP contribution in [0.5, 0.6) is 0 Å². The molecule has 0 aliphatic heterocycles. The Balaban J connectivity index is 2.38. The predicted molar refractivity (Wildman–Crippen MR) is 67.5 cm³/mol. The van der Waals surface area contributed by atoms with E-state index in [-0.39, 0.29) is 5.25 Å². The molecule has 0 radical (unpaired) electrons. The van der Waals surface area contributed by atoms with E-state index in [1.165, 1.54) is 19.3 Å². The first-order valence-corrected chi connectivity index (χ1v) is 7.70. The summed E-state index contributed by atoms with van der Waals surface area (Å²) in [5.74, 6) is 1.54. The second-order valence-electron chi connectivity index (χ2n) is 5.13. The molecule has 1 N–H and O–H groups in total. The van der Waals surface area contributed by atoms with E-state index in [0.29, 0.717) is 6.04 Å². The third kappa shape index (κ3) is 3.87. The van der Waals surface area contributed by atoms with Crippen LogP contribution in [0.3, 0.4) is 0 Å². The molecule has 2 nitrogen and oxygen atoms in total. The fourth-order valence-corrected chi connectivity index (χ4v) is 2.83. The number of hydrogen-bond acceptors (Lipinski definition) is 2. The van der Waals surface area contributed by atoms with Crippen molar-refractivity contribution in [1.29, 1.82) is 0 Å². The van der Waals surface area contributed by atoms with Crippen LogP contribution in [0.4, 0.5) is 0 Å². The van der Waals surface area contributed by atoms with Gasteiger partial charge in [0.2, 0.25) is 0 Å². The van der Waals surface area contributed by atoms with Crippen LogP contribution >= 0.6 is 0 Å². The maximum absolute atomic E-state index is 11.3. The van der Waals surface area contributed by atoms with Gasteiger partial charge in [0.05, 0.1) is 0 Å². The SMILES string of the molecule is CC1CCCC(C)C1NCC(C)S(C)=O. The molecular weight excluding hydrogens is 206 g/mol. The summed E-state index contributed by atoms with van der Waals surface area (Å²) in [6, 6.07) is 0.629. The monoisotopic (exact) mass is 231 g/mol. The summed E-state index contributed by atoms with van der Waals surface area (Å²) in [4.78, 5) is 0. The molecule has 0 amide bonds. The van der Waals surface area contributed by atoms with Crippen LogP contribution in [-0.2, 0) is 10.8 Å². The third-order valence-electron chi connectivity index (χ3n) is 3.75. The normalized spacial score (nSPS) is 36.1. The summed E-state index contributed by atoms with van der Waals surface area (Å²) in [6.45, 7) is 7.62. The van der Waals surface area contributed by atoms with Crippen LogP contribution in [-0.4, -0.2) is 28.3 Å². The van der Waals surface area contributed by atoms with E-state index >= 15 is 0 Å². The van der Waals surface area contributed by atoms with Crippen LogP contribution in [0.25, 0.3) is 0 Å². The van der Waals surface area contributed by atoms with Gasteiger partial charge < -0.3 is 5.32 Å². The van der Waals surface area contributed by atoms with Crippen LogP contribution < -0.4 is 5.32 Å². The van der Waals surface area contributed by atoms with E-state index in [2.05, 4.69) is 26.1 Å². The Hall–Kier alpha value is 0.110. The molecule has 4 unspecified atom stereocenters. The Morgan fingerprint density at radius 1 is 1.33 bits per heavy atom. The van der Waals surface area contributed by atoms with Gasteiger partial charge in [-0.1, -0.05) is 20.3 Å². The number of hydrogen-bond donors (Lipinski definition) is 1. The molecule has 3 heteroatoms. The molecule has 0 spiro atoms. The van der Waals surface area contributed by atoms with Crippen LogP contribution in [0, 0.1) is 11.8 Å². The number of rotatable bonds is 4. The minimum Gasteiger partial charge on any atom is -0.312 e. The first-order chi connectivity index (χ1) is 7.02. The van der Waals surface area contributed by atoms with Crippen LogP contribution in [0.1, 0.15) is 40.0 Å². The average Bonchev–Trinajstić information content (AvgIpc) is 2.16. The van der Waals surface area contributed by atoms with Crippen molar-refractivity contribution in [2.45, 2.75) is 51.3 Å². The summed E-state index contributed by atoms with van der Waals surface area (Å²) in [5.41, 5.74) is 0. The van der Waals surface area contributed by atoms with E-state index in [0.717, 1.165) is 18.4 Å². The molecule has 0 aromatic heterocycles. The van der Waals surface area contributed by atoms with Crippen LogP contribution in [0.2, 0.25) is 0 Å². The van der Waals surface area contributed by atoms with Crippen LogP contribution in [0.15, 0.2) is 0 Å². The Kier molecular flexibility index (Phi) is 5.27. The van der Waals surface area contributed by atoms with E-state index in [1.54, 1.807) is 6.26 Å². The molecule has 0 bridgehead atoms. The van der Waals surface area contributed by atoms with Gasteiger partial charge in [-0.15, -0.1) is 0 Å². The van der Waals surface area contributed by atoms with E-state index in [1.807, 2.05) is 0 Å². The zero-order chi connectivity index (χ0) is 11.4. The van der Waals surface area contributed by atoms with Crippen molar-refractivity contribution in [3.63, 3.8) is 0 Å². The van der Waals surface area contributed by atoms with E-state index in [9.17, 15) is 4.21 Å². The van der Waals surface area contributed by atoms with Crippen molar-refractivity contribution in [3.05, 3.63) is 0 Å². The molecular formula is C12H25NOS. The van der Waals surface area contributed by atoms with Gasteiger partial charge in [-0.3, -0.25) is 4.21 Å². The summed E-state index contributed by atoms with van der Waals surface area (Å²) in [5, 5.41) is 3.88. The van der Waals surface area contributed by atoms with Gasteiger partial charge >= 0.3 is 0 Å². The molecule has 1 fully saturated rings. The predicted octanol–water partition coefficient (Wildman–Crippen LogP) is 2.17. The summed E-state index contributed by atoms with van der Waals surface area (Å²) in [6.07, 6.45) is 5.84. The van der Waals surface area contributed by atoms with Crippen molar-refractivity contribution in [3.8, 4) is 0 Å². The van der Waals surface area contributed by atoms with Gasteiger partial charge in [-0.05, 0) is 31.6 Å². The van der Waals surface area contributed by atoms with Crippen molar-refractivity contribution in [2.24, 2.45) is 11.8 Å². The molecule has 0 saturated heterocycles. The minimum atomic E-state index is -0.700. The van der Waals surface area contributed by atoms with Gasteiger partial charge in [0.1, 0.15) is 0 Å². The van der Waals surface area contributed by atoms with Gasteiger partial charge in [-0.25, -0.2) is 0 Å². The smallest absolute Gasteiger partial charge is 0.0441 e. The fourth-order valence-electron chi connectivity index (χ4n) is 2.50. The first kappa shape index (κ1) is 13.2. The first-order valence-electron chi connectivity index (χ1n) is 6.08. The standard InChI is InChI=1S/C12H25NOS/c1-9-6-5-7-10(2)12(9)13-8-11(3)15(4)14/h9-13H,5-8H2,1-4H3.